The van der Waals surface area contributed by atoms with Crippen LogP contribution in [0.4, 0.5) is 0 Å². The van der Waals surface area contributed by atoms with E-state index in [2.05, 4.69) is 9.97 Å². The fraction of sp³-hybridized carbons (Fsp3) is 0.167. The lowest BCUT2D eigenvalue weighted by molar-refractivity contribution is 0.442. The van der Waals surface area contributed by atoms with Gasteiger partial charge < -0.3 is 14.8 Å². The van der Waals surface area contributed by atoms with Crippen molar-refractivity contribution < 1.29 is 9.84 Å². The first kappa shape index (κ1) is 11.2. The van der Waals surface area contributed by atoms with E-state index in [1.165, 1.54) is 12.1 Å². The zero-order valence-corrected chi connectivity index (χ0v) is 9.52. The number of benzene rings is 1. The van der Waals surface area contributed by atoms with E-state index in [1.54, 1.807) is 19.1 Å². The van der Waals surface area contributed by atoms with Crippen LogP contribution in [-0.4, -0.2) is 15.1 Å². The average Bonchev–Trinajstić information content (AvgIpc) is 2.13. The summed E-state index contributed by atoms with van der Waals surface area (Å²) in [4.78, 5) is 17.8. The molecule has 2 rings (SSSR count). The molecule has 0 aliphatic carbocycles. The lowest BCUT2D eigenvalue weighted by atomic mass is 10.2. The number of aromatic amines is 1. The van der Waals surface area contributed by atoms with E-state index in [-0.39, 0.29) is 17.2 Å². The number of rotatable bonds is 2. The number of H-pyrrole nitrogens is 1. The van der Waals surface area contributed by atoms with E-state index in [1.807, 2.05) is 6.92 Å². The van der Waals surface area contributed by atoms with Crippen LogP contribution < -0.4 is 10.3 Å². The maximum absolute atomic E-state index is 11.2. The number of aryl methyl sites for hydroxylation is 2. The van der Waals surface area contributed by atoms with Crippen molar-refractivity contribution >= 4 is 0 Å². The third-order valence-electron chi connectivity index (χ3n) is 2.09. The Balaban J connectivity index is 2.34. The Morgan fingerprint density at radius 1 is 1.24 bits per heavy atom. The molecule has 0 bridgehead atoms. The van der Waals surface area contributed by atoms with Crippen molar-refractivity contribution in [3.8, 4) is 17.4 Å². The molecule has 17 heavy (non-hydrogen) atoms. The summed E-state index contributed by atoms with van der Waals surface area (Å²) < 4.78 is 5.41. The van der Waals surface area contributed by atoms with Gasteiger partial charge in [0.2, 0.25) is 5.88 Å². The quantitative estimate of drug-likeness (QED) is 0.829. The fourth-order valence-corrected chi connectivity index (χ4v) is 1.51. The predicted molar refractivity (Wildman–Crippen MR) is 62.5 cm³/mol. The minimum atomic E-state index is -0.274. The second kappa shape index (κ2) is 4.29. The molecule has 88 valence electrons. The Bertz CT molecular complexity index is 585. The molecule has 1 aromatic heterocycles. The van der Waals surface area contributed by atoms with Gasteiger partial charge in [-0.3, -0.25) is 4.79 Å². The average molecular weight is 232 g/mol. The Morgan fingerprint density at radius 2 is 2.00 bits per heavy atom. The molecule has 0 amide bonds. The highest BCUT2D eigenvalue weighted by atomic mass is 16.5. The van der Waals surface area contributed by atoms with Crippen molar-refractivity contribution in [1.29, 1.82) is 0 Å². The first-order valence-electron chi connectivity index (χ1n) is 5.09. The molecule has 0 atom stereocenters. The second-order valence-electron chi connectivity index (χ2n) is 3.78. The van der Waals surface area contributed by atoms with Gasteiger partial charge >= 0.3 is 0 Å². The number of phenolic OH excluding ortho intramolecular Hbond substituents is 1. The van der Waals surface area contributed by atoms with Crippen molar-refractivity contribution in [2.75, 3.05) is 0 Å². The summed E-state index contributed by atoms with van der Waals surface area (Å²) in [6.07, 6.45) is 0. The highest BCUT2D eigenvalue weighted by Crippen LogP contribution is 2.24. The van der Waals surface area contributed by atoms with Crippen LogP contribution in [0, 0.1) is 13.8 Å². The maximum Gasteiger partial charge on any atom is 0.254 e. The van der Waals surface area contributed by atoms with Crippen LogP contribution >= 0.6 is 0 Å². The molecule has 1 heterocycles. The van der Waals surface area contributed by atoms with Crippen molar-refractivity contribution in [2.24, 2.45) is 0 Å². The number of nitrogens with one attached hydrogen (secondary N) is 1. The van der Waals surface area contributed by atoms with Crippen molar-refractivity contribution in [2.45, 2.75) is 13.8 Å². The summed E-state index contributed by atoms with van der Waals surface area (Å²) in [5.41, 5.74) is 0.589. The molecule has 1 aromatic carbocycles. The lowest BCUT2D eigenvalue weighted by Crippen LogP contribution is -2.08. The Hall–Kier alpha value is -2.30. The van der Waals surface area contributed by atoms with Gasteiger partial charge in [0, 0.05) is 6.07 Å². The molecule has 0 saturated heterocycles. The zero-order chi connectivity index (χ0) is 12.4. The largest absolute Gasteiger partial charge is 0.508 e. The molecule has 0 fully saturated rings. The van der Waals surface area contributed by atoms with Gasteiger partial charge in [-0.05, 0) is 31.5 Å². The van der Waals surface area contributed by atoms with Gasteiger partial charge in [0.15, 0.2) is 0 Å². The molecule has 0 spiro atoms. The number of aromatic nitrogens is 2. The number of hydrogen-bond donors (Lipinski definition) is 2. The smallest absolute Gasteiger partial charge is 0.254 e. The van der Waals surface area contributed by atoms with E-state index in [9.17, 15) is 9.90 Å². The zero-order valence-electron chi connectivity index (χ0n) is 9.52. The molecule has 5 nitrogen and oxygen atoms in total. The predicted octanol–water partition coefficient (Wildman–Crippen LogP) is 1.88. The van der Waals surface area contributed by atoms with Crippen molar-refractivity contribution in [3.05, 3.63) is 46.0 Å². The summed E-state index contributed by atoms with van der Waals surface area (Å²) >= 11 is 0. The number of aromatic hydroxyl groups is 1. The lowest BCUT2D eigenvalue weighted by Gasteiger charge is -2.06. The number of nitrogens with zero attached hydrogens (tertiary/aromatic N) is 1. The third kappa shape index (κ3) is 2.84. The fourth-order valence-electron chi connectivity index (χ4n) is 1.51. The molecule has 2 N–H and O–H groups in total. The summed E-state index contributed by atoms with van der Waals surface area (Å²) in [5.74, 6) is 1.24. The maximum atomic E-state index is 11.2. The monoisotopic (exact) mass is 232 g/mol. The summed E-state index contributed by atoms with van der Waals surface area (Å²) in [6.45, 7) is 3.50. The number of ether oxygens (including phenoxy) is 1. The van der Waals surface area contributed by atoms with Gasteiger partial charge in [-0.25, -0.2) is 4.98 Å². The SMILES string of the molecule is Cc1cc(O)cc(Oc2cc(=O)[nH]c(C)n2)c1. The van der Waals surface area contributed by atoms with Crippen LogP contribution in [0.25, 0.3) is 0 Å². The summed E-state index contributed by atoms with van der Waals surface area (Å²) in [7, 11) is 0. The van der Waals surface area contributed by atoms with Crippen LogP contribution in [-0.2, 0) is 0 Å². The number of phenols is 1. The topological polar surface area (TPSA) is 75.2 Å². The minimum absolute atomic E-state index is 0.113. The molecular weight excluding hydrogens is 220 g/mol. The summed E-state index contributed by atoms with van der Waals surface area (Å²) in [5, 5.41) is 9.41. The van der Waals surface area contributed by atoms with Crippen LogP contribution in [0.5, 0.6) is 17.4 Å². The van der Waals surface area contributed by atoms with Gasteiger partial charge in [0.1, 0.15) is 17.3 Å². The highest BCUT2D eigenvalue weighted by Gasteiger charge is 2.03. The van der Waals surface area contributed by atoms with Crippen LogP contribution in [0.1, 0.15) is 11.4 Å². The van der Waals surface area contributed by atoms with Crippen molar-refractivity contribution in [3.63, 3.8) is 0 Å². The molecule has 0 radical (unpaired) electrons. The molecule has 2 aromatic rings. The van der Waals surface area contributed by atoms with E-state index in [4.69, 9.17) is 4.74 Å². The van der Waals surface area contributed by atoms with Gasteiger partial charge in [0.05, 0.1) is 6.07 Å². The first-order chi connectivity index (χ1) is 8.02. The second-order valence-corrected chi connectivity index (χ2v) is 3.78. The van der Waals surface area contributed by atoms with E-state index in [0.29, 0.717) is 11.6 Å². The molecule has 0 saturated carbocycles. The number of hydrogen-bond acceptors (Lipinski definition) is 4. The standard InChI is InChI=1S/C12H12N2O3/c1-7-3-9(15)5-10(4-7)17-12-6-11(16)13-8(2)14-12/h3-6,15H,1-2H3,(H,13,14,16). The molecule has 0 aliphatic heterocycles. The molecular formula is C12H12N2O3. The van der Waals surface area contributed by atoms with Crippen molar-refractivity contribution in [1.82, 2.24) is 9.97 Å². The normalized spacial score (nSPS) is 10.2. The molecule has 5 heteroatoms. The molecule has 0 aliphatic rings. The third-order valence-corrected chi connectivity index (χ3v) is 2.09. The van der Waals surface area contributed by atoms with Crippen LogP contribution in [0.3, 0.4) is 0 Å². The van der Waals surface area contributed by atoms with E-state index < -0.39 is 0 Å². The minimum Gasteiger partial charge on any atom is -0.508 e. The van der Waals surface area contributed by atoms with Gasteiger partial charge in [-0.2, -0.15) is 0 Å². The highest BCUT2D eigenvalue weighted by molar-refractivity contribution is 5.38. The first-order valence-corrected chi connectivity index (χ1v) is 5.09. The van der Waals surface area contributed by atoms with Gasteiger partial charge in [-0.1, -0.05) is 0 Å². The summed E-state index contributed by atoms with van der Waals surface area (Å²) in [6, 6.07) is 6.08. The van der Waals surface area contributed by atoms with Crippen LogP contribution in [0.2, 0.25) is 0 Å². The Labute approximate surface area is 97.7 Å². The van der Waals surface area contributed by atoms with E-state index in [0.717, 1.165) is 5.56 Å². The van der Waals surface area contributed by atoms with E-state index >= 15 is 0 Å². The van der Waals surface area contributed by atoms with Crippen LogP contribution in [0.15, 0.2) is 29.1 Å². The Kier molecular flexibility index (Phi) is 2.82. The Morgan fingerprint density at radius 3 is 2.65 bits per heavy atom. The van der Waals surface area contributed by atoms with Gasteiger partial charge in [-0.15, -0.1) is 0 Å². The molecule has 0 unspecified atom stereocenters. The van der Waals surface area contributed by atoms with Gasteiger partial charge in [0.25, 0.3) is 5.56 Å².